The molecule has 9 aromatic rings. The zero-order chi connectivity index (χ0) is 26.9. The van der Waals surface area contributed by atoms with Crippen LogP contribution in [0.25, 0.3) is 83.2 Å². The lowest BCUT2D eigenvalue weighted by molar-refractivity contribution is 0.664. The molecule has 0 aliphatic rings. The van der Waals surface area contributed by atoms with E-state index in [0.717, 1.165) is 83.2 Å². The lowest BCUT2D eigenvalue weighted by atomic mass is 10.0. The van der Waals surface area contributed by atoms with Crippen molar-refractivity contribution in [3.63, 3.8) is 0 Å². The van der Waals surface area contributed by atoms with Gasteiger partial charge in [0.25, 0.3) is 0 Å². The molecule has 0 unspecified atom stereocenters. The number of furan rings is 2. The number of benzene rings is 5. The van der Waals surface area contributed by atoms with Crippen LogP contribution in [0.15, 0.2) is 136 Å². The number of nitrogens with zero attached hydrogens (tertiary/aromatic N) is 3. The maximum absolute atomic E-state index is 6.28. The molecule has 9 rings (SSSR count). The predicted molar refractivity (Wildman–Crippen MR) is 164 cm³/mol. The molecule has 0 radical (unpaired) electrons. The van der Waals surface area contributed by atoms with Crippen molar-refractivity contribution in [2.75, 3.05) is 0 Å². The Balaban J connectivity index is 1.16. The van der Waals surface area contributed by atoms with E-state index in [9.17, 15) is 0 Å². The summed E-state index contributed by atoms with van der Waals surface area (Å²) in [4.78, 5) is 9.49. The molecule has 0 aliphatic carbocycles. The van der Waals surface area contributed by atoms with Crippen LogP contribution < -0.4 is 0 Å². The van der Waals surface area contributed by atoms with Crippen LogP contribution in [0.1, 0.15) is 0 Å². The molecule has 0 amide bonds. The van der Waals surface area contributed by atoms with Crippen LogP contribution in [0.5, 0.6) is 0 Å². The SMILES string of the molecule is c1ccc(-c2nc3ccccc3n2-c2ccc(-c3ccc4oc5cc6c(cc5c4c3)oc3ccccc36)cc2)nc1. The molecule has 41 heavy (non-hydrogen) atoms. The summed E-state index contributed by atoms with van der Waals surface area (Å²) in [7, 11) is 0. The van der Waals surface area contributed by atoms with Gasteiger partial charge in [-0.15, -0.1) is 0 Å². The molecule has 4 aromatic heterocycles. The van der Waals surface area contributed by atoms with E-state index in [2.05, 4.69) is 76.3 Å². The third kappa shape index (κ3) is 3.36. The molecule has 0 aliphatic heterocycles. The molecule has 0 N–H and O–H groups in total. The molecule has 4 heterocycles. The maximum atomic E-state index is 6.28. The normalized spacial score (nSPS) is 11.9. The van der Waals surface area contributed by atoms with E-state index in [-0.39, 0.29) is 0 Å². The standard InChI is InChI=1S/C36H21N3O2/c1-4-11-32-25(7-1)27-20-35-28(21-34(27)40-32)26-19-23(14-17-33(26)41-35)22-12-15-24(16-13-22)39-31-10-3-2-8-29(31)38-36(39)30-9-5-6-18-37-30/h1-21H. The van der Waals surface area contributed by atoms with Gasteiger partial charge in [-0.2, -0.15) is 0 Å². The minimum Gasteiger partial charge on any atom is -0.456 e. The third-order valence-corrected chi connectivity index (χ3v) is 7.88. The van der Waals surface area contributed by atoms with E-state index < -0.39 is 0 Å². The number of fused-ring (bicyclic) bond motifs is 7. The van der Waals surface area contributed by atoms with Gasteiger partial charge in [-0.1, -0.05) is 54.6 Å². The quantitative estimate of drug-likeness (QED) is 0.230. The minimum atomic E-state index is 0.822. The average Bonchev–Trinajstić information content (AvgIpc) is 3.71. The van der Waals surface area contributed by atoms with Crippen molar-refractivity contribution in [1.29, 1.82) is 0 Å². The second-order valence-corrected chi connectivity index (χ2v) is 10.3. The molecule has 0 fully saturated rings. The Morgan fingerprint density at radius 2 is 1.20 bits per heavy atom. The van der Waals surface area contributed by atoms with E-state index in [4.69, 9.17) is 13.8 Å². The highest BCUT2D eigenvalue weighted by atomic mass is 16.3. The molecule has 5 nitrogen and oxygen atoms in total. The summed E-state index contributed by atoms with van der Waals surface area (Å²) in [5.41, 5.74) is 9.58. The number of hydrogen-bond donors (Lipinski definition) is 0. The zero-order valence-electron chi connectivity index (χ0n) is 21.8. The van der Waals surface area contributed by atoms with Gasteiger partial charge in [0.2, 0.25) is 0 Å². The molecular weight excluding hydrogens is 506 g/mol. The predicted octanol–water partition coefficient (Wildman–Crippen LogP) is 9.55. The van der Waals surface area contributed by atoms with E-state index in [1.807, 2.05) is 54.6 Å². The number of para-hydroxylation sites is 3. The summed E-state index contributed by atoms with van der Waals surface area (Å²) >= 11 is 0. The Morgan fingerprint density at radius 3 is 2.02 bits per heavy atom. The third-order valence-electron chi connectivity index (χ3n) is 7.88. The molecule has 5 heteroatoms. The monoisotopic (exact) mass is 527 g/mol. The highest BCUT2D eigenvalue weighted by Crippen LogP contribution is 2.38. The fourth-order valence-electron chi connectivity index (χ4n) is 5.93. The first-order chi connectivity index (χ1) is 20.3. The summed E-state index contributed by atoms with van der Waals surface area (Å²) in [5.74, 6) is 0.822. The van der Waals surface area contributed by atoms with Gasteiger partial charge in [-0.25, -0.2) is 4.98 Å². The van der Waals surface area contributed by atoms with Crippen LogP contribution in [-0.4, -0.2) is 14.5 Å². The van der Waals surface area contributed by atoms with Crippen molar-refractivity contribution in [1.82, 2.24) is 14.5 Å². The summed E-state index contributed by atoms with van der Waals surface area (Å²) in [5, 5.41) is 4.29. The molecule has 0 saturated carbocycles. The number of pyridine rings is 1. The van der Waals surface area contributed by atoms with Gasteiger partial charge >= 0.3 is 0 Å². The Hall–Kier alpha value is -5.68. The van der Waals surface area contributed by atoms with Gasteiger partial charge in [0.05, 0.1) is 11.0 Å². The highest BCUT2D eigenvalue weighted by Gasteiger charge is 2.16. The topological polar surface area (TPSA) is 57.0 Å². The number of imidazole rings is 1. The largest absolute Gasteiger partial charge is 0.456 e. The van der Waals surface area contributed by atoms with Gasteiger partial charge in [0, 0.05) is 33.4 Å². The highest BCUT2D eigenvalue weighted by molar-refractivity contribution is 6.15. The van der Waals surface area contributed by atoms with Gasteiger partial charge < -0.3 is 8.83 Å². The fourth-order valence-corrected chi connectivity index (χ4v) is 5.93. The van der Waals surface area contributed by atoms with Crippen molar-refractivity contribution >= 4 is 54.9 Å². The van der Waals surface area contributed by atoms with Crippen LogP contribution in [-0.2, 0) is 0 Å². The van der Waals surface area contributed by atoms with Crippen molar-refractivity contribution in [3.8, 4) is 28.3 Å². The van der Waals surface area contributed by atoms with Gasteiger partial charge in [-0.3, -0.25) is 9.55 Å². The molecule has 0 atom stereocenters. The van der Waals surface area contributed by atoms with Crippen LogP contribution in [0, 0.1) is 0 Å². The van der Waals surface area contributed by atoms with Crippen molar-refractivity contribution in [2.45, 2.75) is 0 Å². The summed E-state index contributed by atoms with van der Waals surface area (Å²) < 4.78 is 14.6. The molecule has 0 saturated heterocycles. The number of rotatable bonds is 3. The van der Waals surface area contributed by atoms with Gasteiger partial charge in [0.1, 0.15) is 28.0 Å². The average molecular weight is 528 g/mol. The van der Waals surface area contributed by atoms with Gasteiger partial charge in [-0.05, 0) is 77.9 Å². The van der Waals surface area contributed by atoms with E-state index in [0.29, 0.717) is 0 Å². The molecule has 5 aromatic carbocycles. The number of hydrogen-bond acceptors (Lipinski definition) is 4. The lowest BCUT2D eigenvalue weighted by Crippen LogP contribution is -1.98. The van der Waals surface area contributed by atoms with E-state index in [1.165, 1.54) is 0 Å². The van der Waals surface area contributed by atoms with Crippen molar-refractivity contribution < 1.29 is 8.83 Å². The molecular formula is C36H21N3O2. The zero-order valence-corrected chi connectivity index (χ0v) is 21.8. The Kier molecular flexibility index (Phi) is 4.55. The van der Waals surface area contributed by atoms with Gasteiger partial charge in [0.15, 0.2) is 5.82 Å². The van der Waals surface area contributed by atoms with Crippen LogP contribution >= 0.6 is 0 Å². The molecule has 0 spiro atoms. The second-order valence-electron chi connectivity index (χ2n) is 10.3. The summed E-state index contributed by atoms with van der Waals surface area (Å²) in [6, 6.07) is 41.4. The van der Waals surface area contributed by atoms with Crippen LogP contribution in [0.2, 0.25) is 0 Å². The minimum absolute atomic E-state index is 0.822. The van der Waals surface area contributed by atoms with Crippen LogP contribution in [0.3, 0.4) is 0 Å². The second kappa shape index (κ2) is 8.41. The first-order valence-corrected chi connectivity index (χ1v) is 13.6. The molecule has 0 bridgehead atoms. The first-order valence-electron chi connectivity index (χ1n) is 13.6. The Bertz CT molecular complexity index is 2410. The molecule has 192 valence electrons. The summed E-state index contributed by atoms with van der Waals surface area (Å²) in [6.45, 7) is 0. The smallest absolute Gasteiger partial charge is 0.164 e. The Labute approximate surface area is 233 Å². The van der Waals surface area contributed by atoms with E-state index in [1.54, 1.807) is 6.20 Å². The van der Waals surface area contributed by atoms with Crippen molar-refractivity contribution in [2.24, 2.45) is 0 Å². The maximum Gasteiger partial charge on any atom is 0.164 e. The van der Waals surface area contributed by atoms with Crippen molar-refractivity contribution in [3.05, 3.63) is 128 Å². The summed E-state index contributed by atoms with van der Waals surface area (Å²) in [6.07, 6.45) is 1.80. The first kappa shape index (κ1) is 22.2. The Morgan fingerprint density at radius 1 is 0.512 bits per heavy atom. The van der Waals surface area contributed by atoms with E-state index >= 15 is 0 Å². The lowest BCUT2D eigenvalue weighted by Gasteiger charge is -2.10. The van der Waals surface area contributed by atoms with Crippen LogP contribution in [0.4, 0.5) is 0 Å². The fraction of sp³-hybridized carbons (Fsp3) is 0. The number of aromatic nitrogens is 3.